The predicted molar refractivity (Wildman–Crippen MR) is 103 cm³/mol. The lowest BCUT2D eigenvalue weighted by Crippen LogP contribution is -2.45. The Morgan fingerprint density at radius 3 is 2.81 bits per heavy atom. The number of carbonyl (C=O) groups is 1. The average molecular weight is 377 g/mol. The third kappa shape index (κ3) is 4.46. The summed E-state index contributed by atoms with van der Waals surface area (Å²) in [7, 11) is 3.49. The van der Waals surface area contributed by atoms with Gasteiger partial charge in [-0.15, -0.1) is 0 Å². The smallest absolute Gasteiger partial charge is 0.220 e. The summed E-state index contributed by atoms with van der Waals surface area (Å²) >= 11 is 6.02. The molecule has 140 valence electrons. The van der Waals surface area contributed by atoms with Gasteiger partial charge in [0.25, 0.3) is 0 Å². The maximum atomic E-state index is 11.5. The zero-order chi connectivity index (χ0) is 18.5. The molecule has 0 radical (unpaired) electrons. The zero-order valence-corrected chi connectivity index (χ0v) is 16.0. The second-order valence-corrected chi connectivity index (χ2v) is 6.99. The lowest BCUT2D eigenvalue weighted by Gasteiger charge is -2.34. The fraction of sp³-hybridized carbons (Fsp3) is 0.500. The number of hydrogen-bond acceptors (Lipinski definition) is 3. The van der Waals surface area contributed by atoms with Crippen molar-refractivity contribution in [1.29, 1.82) is 0 Å². The standard InChI is InChI=1S/C18H25ClN6O/c1-20-17(26)9-13-5-7-24(8-6-13)18(21-2)22-10-15-12-25-11-14(19)3-4-16(25)23-15/h3-4,11-13H,5-10H2,1-2H3,(H,20,26)(H,21,22). The molecule has 0 atom stereocenters. The van der Waals surface area contributed by atoms with Crippen molar-refractivity contribution in [2.75, 3.05) is 27.2 Å². The van der Waals surface area contributed by atoms with E-state index in [9.17, 15) is 4.79 Å². The first-order valence-corrected chi connectivity index (χ1v) is 9.26. The maximum absolute atomic E-state index is 11.5. The Morgan fingerprint density at radius 1 is 1.35 bits per heavy atom. The number of fused-ring (bicyclic) bond motifs is 1. The molecule has 3 rings (SSSR count). The van der Waals surface area contributed by atoms with Crippen LogP contribution in [0.3, 0.4) is 0 Å². The molecule has 1 amide bonds. The molecule has 1 aliphatic rings. The van der Waals surface area contributed by atoms with Crippen LogP contribution in [0, 0.1) is 5.92 Å². The lowest BCUT2D eigenvalue weighted by atomic mass is 9.93. The largest absolute Gasteiger partial charge is 0.359 e. The molecule has 1 aliphatic heterocycles. The summed E-state index contributed by atoms with van der Waals surface area (Å²) in [5.74, 6) is 1.45. The van der Waals surface area contributed by atoms with Crippen LogP contribution < -0.4 is 10.6 Å². The number of guanidine groups is 1. The molecule has 0 spiro atoms. The third-order valence-corrected chi connectivity index (χ3v) is 4.99. The fourth-order valence-electron chi connectivity index (χ4n) is 3.32. The summed E-state index contributed by atoms with van der Waals surface area (Å²) in [6.45, 7) is 2.41. The van der Waals surface area contributed by atoms with Gasteiger partial charge in [-0.25, -0.2) is 4.98 Å². The van der Waals surface area contributed by atoms with Gasteiger partial charge in [0.15, 0.2) is 5.96 Å². The number of aliphatic imine (C=N–C) groups is 1. The van der Waals surface area contributed by atoms with Crippen molar-refractivity contribution in [2.45, 2.75) is 25.8 Å². The Hall–Kier alpha value is -2.28. The van der Waals surface area contributed by atoms with Gasteiger partial charge in [-0.05, 0) is 30.9 Å². The van der Waals surface area contributed by atoms with E-state index >= 15 is 0 Å². The SMILES string of the molecule is CN=C(NCc1cn2cc(Cl)ccc2n1)N1CCC(CC(=O)NC)CC1. The van der Waals surface area contributed by atoms with E-state index in [-0.39, 0.29) is 5.91 Å². The summed E-state index contributed by atoms with van der Waals surface area (Å²) in [5.41, 5.74) is 1.80. The van der Waals surface area contributed by atoms with E-state index in [1.807, 2.05) is 28.9 Å². The molecule has 0 saturated carbocycles. The van der Waals surface area contributed by atoms with Crippen LogP contribution in [0.15, 0.2) is 29.5 Å². The van der Waals surface area contributed by atoms with E-state index in [0.717, 1.165) is 43.2 Å². The number of pyridine rings is 1. The number of aromatic nitrogens is 2. The van der Waals surface area contributed by atoms with Crippen LogP contribution in [0.5, 0.6) is 0 Å². The van der Waals surface area contributed by atoms with Crippen molar-refractivity contribution in [3.05, 3.63) is 35.2 Å². The third-order valence-electron chi connectivity index (χ3n) is 4.77. The van der Waals surface area contributed by atoms with E-state index in [2.05, 4.69) is 25.5 Å². The number of likely N-dealkylation sites (tertiary alicyclic amines) is 1. The fourth-order valence-corrected chi connectivity index (χ4v) is 3.49. The quantitative estimate of drug-likeness (QED) is 0.631. The van der Waals surface area contributed by atoms with Crippen LogP contribution in [0.4, 0.5) is 0 Å². The van der Waals surface area contributed by atoms with Crippen molar-refractivity contribution >= 4 is 29.1 Å². The van der Waals surface area contributed by atoms with E-state index in [1.165, 1.54) is 0 Å². The minimum Gasteiger partial charge on any atom is -0.359 e. The predicted octanol–water partition coefficient (Wildman–Crippen LogP) is 1.91. The van der Waals surface area contributed by atoms with Crippen molar-refractivity contribution in [2.24, 2.45) is 10.9 Å². The number of nitrogens with one attached hydrogen (secondary N) is 2. The maximum Gasteiger partial charge on any atom is 0.220 e. The molecule has 0 bridgehead atoms. The van der Waals surface area contributed by atoms with Crippen molar-refractivity contribution in [1.82, 2.24) is 24.9 Å². The van der Waals surface area contributed by atoms with Gasteiger partial charge >= 0.3 is 0 Å². The van der Waals surface area contributed by atoms with Gasteiger partial charge in [-0.2, -0.15) is 0 Å². The van der Waals surface area contributed by atoms with Gasteiger partial charge in [0.05, 0.1) is 17.3 Å². The number of hydrogen-bond donors (Lipinski definition) is 2. The highest BCUT2D eigenvalue weighted by atomic mass is 35.5. The number of carbonyl (C=O) groups excluding carboxylic acids is 1. The number of amides is 1. The first kappa shape index (κ1) is 18.5. The Balaban J connectivity index is 1.54. The monoisotopic (exact) mass is 376 g/mol. The molecule has 0 aliphatic carbocycles. The van der Waals surface area contributed by atoms with Crippen molar-refractivity contribution < 1.29 is 4.79 Å². The number of nitrogens with zero attached hydrogens (tertiary/aromatic N) is 4. The molecular formula is C18H25ClN6O. The molecule has 26 heavy (non-hydrogen) atoms. The van der Waals surface area contributed by atoms with Crippen LogP contribution in [0.1, 0.15) is 25.0 Å². The zero-order valence-electron chi connectivity index (χ0n) is 15.2. The molecule has 2 N–H and O–H groups in total. The van der Waals surface area contributed by atoms with Gasteiger partial charge in [0.1, 0.15) is 5.65 Å². The lowest BCUT2D eigenvalue weighted by molar-refractivity contribution is -0.121. The van der Waals surface area contributed by atoms with Crippen LogP contribution >= 0.6 is 11.6 Å². The van der Waals surface area contributed by atoms with Crippen LogP contribution in [-0.2, 0) is 11.3 Å². The number of halogens is 1. The van der Waals surface area contributed by atoms with E-state index < -0.39 is 0 Å². The van der Waals surface area contributed by atoms with Gasteiger partial charge in [-0.1, -0.05) is 11.6 Å². The first-order valence-electron chi connectivity index (χ1n) is 8.88. The molecule has 8 heteroatoms. The normalized spacial score (nSPS) is 16.1. The Bertz CT molecular complexity index is 794. The molecule has 1 saturated heterocycles. The number of piperidine rings is 1. The Kier molecular flexibility index (Phi) is 5.98. The molecule has 7 nitrogen and oxygen atoms in total. The summed E-state index contributed by atoms with van der Waals surface area (Å²) in [4.78, 5) is 22.7. The highest BCUT2D eigenvalue weighted by molar-refractivity contribution is 6.30. The van der Waals surface area contributed by atoms with Crippen molar-refractivity contribution in [3.63, 3.8) is 0 Å². The molecule has 0 unspecified atom stereocenters. The van der Waals surface area contributed by atoms with E-state index in [4.69, 9.17) is 11.6 Å². The Labute approximate surface area is 158 Å². The van der Waals surface area contributed by atoms with Gasteiger partial charge < -0.3 is 19.9 Å². The summed E-state index contributed by atoms with van der Waals surface area (Å²) in [5, 5.41) is 6.78. The first-order chi connectivity index (χ1) is 12.6. The summed E-state index contributed by atoms with van der Waals surface area (Å²) < 4.78 is 1.92. The second kappa shape index (κ2) is 8.40. The molecule has 2 aromatic heterocycles. The minimum absolute atomic E-state index is 0.123. The summed E-state index contributed by atoms with van der Waals surface area (Å²) in [6.07, 6.45) is 6.43. The van der Waals surface area contributed by atoms with Gasteiger partial charge in [0, 0.05) is 46.0 Å². The van der Waals surface area contributed by atoms with E-state index in [0.29, 0.717) is 23.9 Å². The van der Waals surface area contributed by atoms with E-state index in [1.54, 1.807) is 14.1 Å². The molecule has 1 fully saturated rings. The highest BCUT2D eigenvalue weighted by Gasteiger charge is 2.23. The van der Waals surface area contributed by atoms with Gasteiger partial charge in [-0.3, -0.25) is 9.79 Å². The number of rotatable bonds is 4. The topological polar surface area (TPSA) is 74.0 Å². The minimum atomic E-state index is 0.123. The van der Waals surface area contributed by atoms with Crippen molar-refractivity contribution in [3.8, 4) is 0 Å². The molecular weight excluding hydrogens is 352 g/mol. The molecule has 3 heterocycles. The van der Waals surface area contributed by atoms with Crippen LogP contribution in [0.2, 0.25) is 5.02 Å². The number of imidazole rings is 1. The average Bonchev–Trinajstić information content (AvgIpc) is 3.05. The van der Waals surface area contributed by atoms with Crippen LogP contribution in [-0.4, -0.2) is 53.3 Å². The molecule has 0 aromatic carbocycles. The Morgan fingerprint density at radius 2 is 2.12 bits per heavy atom. The highest BCUT2D eigenvalue weighted by Crippen LogP contribution is 2.20. The van der Waals surface area contributed by atoms with Crippen LogP contribution in [0.25, 0.3) is 5.65 Å². The second-order valence-electron chi connectivity index (χ2n) is 6.55. The molecule has 2 aromatic rings. The van der Waals surface area contributed by atoms with Gasteiger partial charge in [0.2, 0.25) is 5.91 Å². The summed E-state index contributed by atoms with van der Waals surface area (Å²) in [6, 6.07) is 3.74.